The number of aromatic amines is 1. The van der Waals surface area contributed by atoms with Crippen molar-refractivity contribution >= 4 is 16.8 Å². The van der Waals surface area contributed by atoms with E-state index in [-0.39, 0.29) is 5.91 Å². The number of aromatic nitrogens is 3. The summed E-state index contributed by atoms with van der Waals surface area (Å²) in [6, 6.07) is 9.68. The van der Waals surface area contributed by atoms with Gasteiger partial charge in [0, 0.05) is 59.0 Å². The molecule has 0 saturated carbocycles. The summed E-state index contributed by atoms with van der Waals surface area (Å²) in [6.45, 7) is 1.30. The summed E-state index contributed by atoms with van der Waals surface area (Å²) in [4.78, 5) is 27.0. The van der Waals surface area contributed by atoms with Gasteiger partial charge < -0.3 is 14.3 Å². The molecule has 4 heterocycles. The monoisotopic (exact) mass is 358 g/mol. The van der Waals surface area contributed by atoms with Crippen molar-refractivity contribution in [1.29, 1.82) is 0 Å². The molecule has 0 saturated heterocycles. The van der Waals surface area contributed by atoms with E-state index in [2.05, 4.69) is 15.0 Å². The number of furan rings is 1. The Morgan fingerprint density at radius 3 is 2.93 bits per heavy atom. The fourth-order valence-corrected chi connectivity index (χ4v) is 3.75. The van der Waals surface area contributed by atoms with Crippen LogP contribution in [0.5, 0.6) is 0 Å². The lowest BCUT2D eigenvalue weighted by Crippen LogP contribution is -2.33. The third kappa shape index (κ3) is 2.79. The Balaban J connectivity index is 1.42. The number of fused-ring (bicyclic) bond motifs is 2. The van der Waals surface area contributed by atoms with Crippen LogP contribution < -0.4 is 0 Å². The van der Waals surface area contributed by atoms with E-state index < -0.39 is 0 Å². The van der Waals surface area contributed by atoms with E-state index >= 15 is 0 Å². The molecule has 0 aliphatic carbocycles. The highest BCUT2D eigenvalue weighted by Crippen LogP contribution is 2.26. The number of carbonyl (C=O) groups excluding carboxylic acids is 1. The molecule has 4 aromatic rings. The highest BCUT2D eigenvalue weighted by molar-refractivity contribution is 5.98. The largest absolute Gasteiger partial charge is 0.472 e. The van der Waals surface area contributed by atoms with Gasteiger partial charge >= 0.3 is 0 Å². The molecular weight excluding hydrogens is 340 g/mol. The van der Waals surface area contributed by atoms with E-state index in [1.807, 2.05) is 41.4 Å². The molecule has 1 amide bonds. The van der Waals surface area contributed by atoms with Crippen molar-refractivity contribution in [2.75, 3.05) is 13.1 Å². The normalized spacial score (nSPS) is 14.1. The average molecular weight is 358 g/mol. The number of benzene rings is 1. The van der Waals surface area contributed by atoms with Gasteiger partial charge in [0.05, 0.1) is 18.2 Å². The lowest BCUT2D eigenvalue weighted by Gasteiger charge is -2.20. The van der Waals surface area contributed by atoms with E-state index in [4.69, 9.17) is 4.42 Å². The Bertz CT molecular complexity index is 1110. The third-order valence-electron chi connectivity index (χ3n) is 5.17. The Morgan fingerprint density at radius 2 is 2.04 bits per heavy atom. The molecule has 1 aromatic carbocycles. The van der Waals surface area contributed by atoms with Crippen LogP contribution in [0.3, 0.4) is 0 Å². The zero-order chi connectivity index (χ0) is 18.2. The van der Waals surface area contributed by atoms with Crippen molar-refractivity contribution in [3.8, 4) is 11.3 Å². The molecule has 1 aliphatic rings. The molecule has 27 heavy (non-hydrogen) atoms. The summed E-state index contributed by atoms with van der Waals surface area (Å²) in [5.41, 5.74) is 5.72. The van der Waals surface area contributed by atoms with Gasteiger partial charge in [0.2, 0.25) is 0 Å². The molecule has 1 aliphatic heterocycles. The molecule has 1 N–H and O–H groups in total. The van der Waals surface area contributed by atoms with Crippen LogP contribution in [-0.2, 0) is 12.8 Å². The topological polar surface area (TPSA) is 75.0 Å². The zero-order valence-corrected chi connectivity index (χ0v) is 14.7. The molecule has 0 spiro atoms. The van der Waals surface area contributed by atoms with Crippen LogP contribution in [-0.4, -0.2) is 38.8 Å². The minimum Gasteiger partial charge on any atom is -0.472 e. The number of nitrogens with zero attached hydrogens (tertiary/aromatic N) is 3. The molecule has 0 radical (unpaired) electrons. The maximum absolute atomic E-state index is 13.0. The number of hydrogen-bond donors (Lipinski definition) is 1. The second kappa shape index (κ2) is 6.39. The Morgan fingerprint density at radius 1 is 1.11 bits per heavy atom. The minimum atomic E-state index is 0.0590. The van der Waals surface area contributed by atoms with Crippen molar-refractivity contribution in [2.24, 2.45) is 0 Å². The quantitative estimate of drug-likeness (QED) is 0.595. The maximum atomic E-state index is 13.0. The smallest absolute Gasteiger partial charge is 0.253 e. The first-order chi connectivity index (χ1) is 13.3. The summed E-state index contributed by atoms with van der Waals surface area (Å²) in [6.07, 6.45) is 8.28. The van der Waals surface area contributed by atoms with Gasteiger partial charge in [0.1, 0.15) is 6.33 Å². The van der Waals surface area contributed by atoms with E-state index in [9.17, 15) is 4.79 Å². The molecule has 0 fully saturated rings. The van der Waals surface area contributed by atoms with Gasteiger partial charge in [0.25, 0.3) is 5.91 Å². The molecule has 3 aromatic heterocycles. The molecule has 0 bridgehead atoms. The second-order valence-electron chi connectivity index (χ2n) is 6.73. The Kier molecular flexibility index (Phi) is 3.74. The SMILES string of the molecule is O=C(c1ccc2[nH]ccc2c1)N1CCc2ncnc(-c3ccoc3)c2CC1. The Labute approximate surface area is 155 Å². The zero-order valence-electron chi connectivity index (χ0n) is 14.7. The van der Waals surface area contributed by atoms with Crippen LogP contribution in [0, 0.1) is 0 Å². The number of amides is 1. The van der Waals surface area contributed by atoms with Gasteiger partial charge in [-0.3, -0.25) is 4.79 Å². The van der Waals surface area contributed by atoms with Gasteiger partial charge in [-0.15, -0.1) is 0 Å². The van der Waals surface area contributed by atoms with Crippen molar-refractivity contribution in [3.63, 3.8) is 0 Å². The van der Waals surface area contributed by atoms with Crippen LogP contribution >= 0.6 is 0 Å². The second-order valence-corrected chi connectivity index (χ2v) is 6.73. The van der Waals surface area contributed by atoms with Gasteiger partial charge in [-0.2, -0.15) is 0 Å². The van der Waals surface area contributed by atoms with Gasteiger partial charge in [-0.05, 0) is 36.8 Å². The summed E-state index contributed by atoms with van der Waals surface area (Å²) in [7, 11) is 0. The lowest BCUT2D eigenvalue weighted by atomic mass is 10.0. The van der Waals surface area contributed by atoms with Crippen LogP contribution in [0.4, 0.5) is 0 Å². The standard InChI is InChI=1S/C21H18N4O2/c26-21(15-1-2-18-14(11-15)3-7-22-18)25-8-4-17-19(5-9-25)23-13-24-20(17)16-6-10-27-12-16/h1-3,6-7,10-13,22H,4-5,8-9H2. The lowest BCUT2D eigenvalue weighted by molar-refractivity contribution is 0.0763. The van der Waals surface area contributed by atoms with Crippen molar-refractivity contribution in [2.45, 2.75) is 12.8 Å². The van der Waals surface area contributed by atoms with Gasteiger partial charge in [-0.25, -0.2) is 9.97 Å². The van der Waals surface area contributed by atoms with Gasteiger partial charge in [0.15, 0.2) is 0 Å². The molecule has 6 nitrogen and oxygen atoms in total. The summed E-state index contributed by atoms with van der Waals surface area (Å²) >= 11 is 0. The van der Waals surface area contributed by atoms with Crippen LogP contribution in [0.1, 0.15) is 21.6 Å². The van der Waals surface area contributed by atoms with E-state index in [1.165, 1.54) is 0 Å². The average Bonchev–Trinajstić information content (AvgIpc) is 3.34. The fourth-order valence-electron chi connectivity index (χ4n) is 3.75. The molecular formula is C21H18N4O2. The van der Waals surface area contributed by atoms with Crippen molar-refractivity contribution in [1.82, 2.24) is 19.9 Å². The van der Waals surface area contributed by atoms with Gasteiger partial charge in [-0.1, -0.05) is 0 Å². The van der Waals surface area contributed by atoms with Crippen LogP contribution in [0.2, 0.25) is 0 Å². The first-order valence-corrected chi connectivity index (χ1v) is 9.01. The number of H-pyrrole nitrogens is 1. The highest BCUT2D eigenvalue weighted by atomic mass is 16.3. The van der Waals surface area contributed by atoms with E-state index in [0.29, 0.717) is 18.7 Å². The summed E-state index contributed by atoms with van der Waals surface area (Å²) in [5, 5.41) is 1.05. The number of nitrogens with one attached hydrogen (secondary N) is 1. The molecule has 5 rings (SSSR count). The van der Waals surface area contributed by atoms with Crippen LogP contribution in [0.25, 0.3) is 22.2 Å². The maximum Gasteiger partial charge on any atom is 0.253 e. The fraction of sp³-hybridized carbons (Fsp3) is 0.190. The predicted octanol–water partition coefficient (Wildman–Crippen LogP) is 3.46. The number of hydrogen-bond acceptors (Lipinski definition) is 4. The van der Waals surface area contributed by atoms with Crippen molar-refractivity contribution < 1.29 is 9.21 Å². The molecule has 0 atom stereocenters. The van der Waals surface area contributed by atoms with E-state index in [0.717, 1.165) is 46.3 Å². The summed E-state index contributed by atoms with van der Waals surface area (Å²) < 4.78 is 5.21. The van der Waals surface area contributed by atoms with Crippen LogP contribution in [0.15, 0.2) is 59.8 Å². The van der Waals surface area contributed by atoms with E-state index in [1.54, 1.807) is 18.9 Å². The minimum absolute atomic E-state index is 0.0590. The van der Waals surface area contributed by atoms with Crippen molar-refractivity contribution in [3.05, 3.63) is 72.2 Å². The molecule has 134 valence electrons. The number of carbonyl (C=O) groups is 1. The predicted molar refractivity (Wildman–Crippen MR) is 101 cm³/mol. The first-order valence-electron chi connectivity index (χ1n) is 9.01. The summed E-state index contributed by atoms with van der Waals surface area (Å²) in [5.74, 6) is 0.0590. The highest BCUT2D eigenvalue weighted by Gasteiger charge is 2.23. The molecule has 6 heteroatoms. The Hall–Kier alpha value is -3.41. The number of rotatable bonds is 2. The third-order valence-corrected chi connectivity index (χ3v) is 5.17. The first kappa shape index (κ1) is 15.8. The molecule has 0 unspecified atom stereocenters.